The second-order valence-electron chi connectivity index (χ2n) is 5.41. The van der Waals surface area contributed by atoms with E-state index in [4.69, 9.17) is 16.7 Å². The predicted octanol–water partition coefficient (Wildman–Crippen LogP) is 2.46. The number of benzene rings is 1. The van der Waals surface area contributed by atoms with E-state index in [-0.39, 0.29) is 21.4 Å². The van der Waals surface area contributed by atoms with Gasteiger partial charge in [-0.2, -0.15) is 0 Å². The quantitative estimate of drug-likeness (QED) is 0.784. The first kappa shape index (κ1) is 17.9. The fourth-order valence-electron chi connectivity index (χ4n) is 1.99. The van der Waals surface area contributed by atoms with Crippen molar-refractivity contribution in [3.05, 3.63) is 28.3 Å². The van der Waals surface area contributed by atoms with E-state index >= 15 is 0 Å². The van der Waals surface area contributed by atoms with Crippen LogP contribution in [0.4, 0.5) is 0 Å². The molecule has 0 bridgehead atoms. The number of halogens is 1. The van der Waals surface area contributed by atoms with E-state index in [1.54, 1.807) is 6.92 Å². The SMILES string of the molecule is Cc1c(C(=O)NCCCC(C)C)cc(Cl)cc1S(N)(=O)=O. The van der Waals surface area contributed by atoms with Gasteiger partial charge in [0.15, 0.2) is 0 Å². The molecule has 0 aliphatic carbocycles. The van der Waals surface area contributed by atoms with E-state index in [1.165, 1.54) is 12.1 Å². The van der Waals surface area contributed by atoms with Gasteiger partial charge in [0.1, 0.15) is 0 Å². The van der Waals surface area contributed by atoms with Crippen molar-refractivity contribution < 1.29 is 13.2 Å². The van der Waals surface area contributed by atoms with Crippen LogP contribution < -0.4 is 10.5 Å². The van der Waals surface area contributed by atoms with Crippen molar-refractivity contribution in [3.8, 4) is 0 Å². The van der Waals surface area contributed by atoms with E-state index in [9.17, 15) is 13.2 Å². The van der Waals surface area contributed by atoms with Gasteiger partial charge in [0.25, 0.3) is 5.91 Å². The summed E-state index contributed by atoms with van der Waals surface area (Å²) in [7, 11) is -3.91. The Morgan fingerprint density at radius 2 is 2.00 bits per heavy atom. The number of hydrogen-bond donors (Lipinski definition) is 2. The van der Waals surface area contributed by atoms with Gasteiger partial charge in [-0.1, -0.05) is 25.4 Å². The van der Waals surface area contributed by atoms with Gasteiger partial charge < -0.3 is 5.32 Å². The van der Waals surface area contributed by atoms with E-state index in [0.29, 0.717) is 18.0 Å². The van der Waals surface area contributed by atoms with Crippen LogP contribution in [0.25, 0.3) is 0 Å². The van der Waals surface area contributed by atoms with Crippen LogP contribution in [0.15, 0.2) is 17.0 Å². The van der Waals surface area contributed by atoms with Crippen molar-refractivity contribution in [2.24, 2.45) is 11.1 Å². The summed E-state index contributed by atoms with van der Waals surface area (Å²) < 4.78 is 23.0. The summed E-state index contributed by atoms with van der Waals surface area (Å²) in [5, 5.41) is 8.06. The number of carbonyl (C=O) groups excluding carboxylic acids is 1. The zero-order valence-electron chi connectivity index (χ0n) is 12.4. The lowest BCUT2D eigenvalue weighted by Gasteiger charge is -2.12. The van der Waals surface area contributed by atoms with Crippen molar-refractivity contribution >= 4 is 27.5 Å². The first-order chi connectivity index (χ1) is 9.62. The third kappa shape index (κ3) is 5.30. The smallest absolute Gasteiger partial charge is 0.251 e. The van der Waals surface area contributed by atoms with E-state index < -0.39 is 10.0 Å². The molecule has 0 spiro atoms. The highest BCUT2D eigenvalue weighted by Crippen LogP contribution is 2.23. The zero-order chi connectivity index (χ0) is 16.2. The van der Waals surface area contributed by atoms with Gasteiger partial charge in [-0.3, -0.25) is 4.79 Å². The standard InChI is InChI=1S/C14H21ClN2O3S/c1-9(2)5-4-6-17-14(18)12-7-11(15)8-13(10(12)3)21(16,19)20/h7-9H,4-6H2,1-3H3,(H,17,18)(H2,16,19,20). The highest BCUT2D eigenvalue weighted by Gasteiger charge is 2.19. The molecule has 1 aromatic rings. The van der Waals surface area contributed by atoms with Crippen LogP contribution in [-0.4, -0.2) is 20.9 Å². The Bertz CT molecular complexity index is 627. The summed E-state index contributed by atoms with van der Waals surface area (Å²) in [6.45, 7) is 6.30. The van der Waals surface area contributed by atoms with E-state index in [1.807, 2.05) is 0 Å². The molecule has 0 unspecified atom stereocenters. The first-order valence-electron chi connectivity index (χ1n) is 6.74. The summed E-state index contributed by atoms with van der Waals surface area (Å²) in [5.74, 6) is 0.229. The molecule has 0 radical (unpaired) electrons. The van der Waals surface area contributed by atoms with Gasteiger partial charge in [0.2, 0.25) is 10.0 Å². The summed E-state index contributed by atoms with van der Waals surface area (Å²) in [4.78, 5) is 12.0. The maximum absolute atomic E-state index is 12.1. The highest BCUT2D eigenvalue weighted by atomic mass is 35.5. The minimum absolute atomic E-state index is 0.123. The van der Waals surface area contributed by atoms with Crippen LogP contribution in [0.2, 0.25) is 5.02 Å². The fraction of sp³-hybridized carbons (Fsp3) is 0.500. The molecule has 0 aliphatic heterocycles. The van der Waals surface area contributed by atoms with Crippen molar-refractivity contribution in [2.45, 2.75) is 38.5 Å². The Morgan fingerprint density at radius 3 is 2.52 bits per heavy atom. The second kappa shape index (κ2) is 7.24. The topological polar surface area (TPSA) is 89.3 Å². The fourth-order valence-corrected chi connectivity index (χ4v) is 3.10. The van der Waals surface area contributed by atoms with Crippen LogP contribution in [0.5, 0.6) is 0 Å². The normalized spacial score (nSPS) is 11.7. The Kier molecular flexibility index (Phi) is 6.19. The highest BCUT2D eigenvalue weighted by molar-refractivity contribution is 7.89. The number of hydrogen-bond acceptors (Lipinski definition) is 3. The van der Waals surface area contributed by atoms with Crippen LogP contribution in [-0.2, 0) is 10.0 Å². The molecule has 0 heterocycles. The van der Waals surface area contributed by atoms with E-state index in [0.717, 1.165) is 12.8 Å². The zero-order valence-corrected chi connectivity index (χ0v) is 14.0. The van der Waals surface area contributed by atoms with Crippen LogP contribution in [0.1, 0.15) is 42.6 Å². The summed E-state index contributed by atoms with van der Waals surface area (Å²) in [6.07, 6.45) is 1.88. The molecule has 0 aromatic heterocycles. The summed E-state index contributed by atoms with van der Waals surface area (Å²) in [6, 6.07) is 2.70. The maximum atomic E-state index is 12.1. The summed E-state index contributed by atoms with van der Waals surface area (Å²) >= 11 is 5.87. The first-order valence-corrected chi connectivity index (χ1v) is 8.66. The lowest BCUT2D eigenvalue weighted by molar-refractivity contribution is 0.0951. The Balaban J connectivity index is 2.93. The minimum atomic E-state index is -3.91. The van der Waals surface area contributed by atoms with Gasteiger partial charge >= 0.3 is 0 Å². The lowest BCUT2D eigenvalue weighted by Crippen LogP contribution is -2.26. The largest absolute Gasteiger partial charge is 0.352 e. The monoisotopic (exact) mass is 332 g/mol. The number of nitrogens with one attached hydrogen (secondary N) is 1. The molecule has 1 amide bonds. The van der Waals surface area contributed by atoms with Gasteiger partial charge in [-0.05, 0) is 43.4 Å². The number of amides is 1. The average Bonchev–Trinajstić information content (AvgIpc) is 2.35. The summed E-state index contributed by atoms with van der Waals surface area (Å²) in [5.41, 5.74) is 0.541. The molecule has 0 saturated carbocycles. The van der Waals surface area contributed by atoms with Gasteiger partial charge in [0, 0.05) is 17.1 Å². The number of rotatable bonds is 6. The minimum Gasteiger partial charge on any atom is -0.352 e. The van der Waals surface area contributed by atoms with Gasteiger partial charge in [0.05, 0.1) is 4.90 Å². The van der Waals surface area contributed by atoms with Crippen molar-refractivity contribution in [3.63, 3.8) is 0 Å². The molecule has 21 heavy (non-hydrogen) atoms. The Labute approximate surface area is 130 Å². The molecule has 118 valence electrons. The molecule has 0 saturated heterocycles. The second-order valence-corrected chi connectivity index (χ2v) is 7.38. The molecule has 7 heteroatoms. The molecule has 1 aromatic carbocycles. The van der Waals surface area contributed by atoms with Crippen LogP contribution in [0, 0.1) is 12.8 Å². The van der Waals surface area contributed by atoms with Crippen LogP contribution in [0.3, 0.4) is 0 Å². The number of sulfonamides is 1. The third-order valence-electron chi connectivity index (χ3n) is 3.12. The molecule has 0 fully saturated rings. The molecule has 0 atom stereocenters. The van der Waals surface area contributed by atoms with Crippen molar-refractivity contribution in [1.82, 2.24) is 5.32 Å². The molecular formula is C14H21ClN2O3S. The number of primary sulfonamides is 1. The predicted molar refractivity (Wildman–Crippen MR) is 84.0 cm³/mol. The molecule has 0 aliphatic rings. The molecule has 5 nitrogen and oxygen atoms in total. The number of carbonyl (C=O) groups is 1. The third-order valence-corrected chi connectivity index (χ3v) is 4.38. The van der Waals surface area contributed by atoms with E-state index in [2.05, 4.69) is 19.2 Å². The molecular weight excluding hydrogens is 312 g/mol. The van der Waals surface area contributed by atoms with Gasteiger partial charge in [-0.15, -0.1) is 0 Å². The van der Waals surface area contributed by atoms with Crippen molar-refractivity contribution in [2.75, 3.05) is 6.54 Å². The number of nitrogens with two attached hydrogens (primary N) is 1. The molecule has 1 rings (SSSR count). The Hall–Kier alpha value is -1.11. The molecule has 3 N–H and O–H groups in total. The average molecular weight is 333 g/mol. The van der Waals surface area contributed by atoms with Gasteiger partial charge in [-0.25, -0.2) is 13.6 Å². The maximum Gasteiger partial charge on any atom is 0.251 e. The van der Waals surface area contributed by atoms with Crippen LogP contribution >= 0.6 is 11.6 Å². The Morgan fingerprint density at radius 1 is 1.38 bits per heavy atom. The van der Waals surface area contributed by atoms with Crippen molar-refractivity contribution in [1.29, 1.82) is 0 Å². The lowest BCUT2D eigenvalue weighted by atomic mass is 10.1.